The van der Waals surface area contributed by atoms with Gasteiger partial charge < -0.3 is 24.6 Å². The lowest BCUT2D eigenvalue weighted by atomic mass is 10.0. The summed E-state index contributed by atoms with van der Waals surface area (Å²) in [5.74, 6) is -0.947. The Kier molecular flexibility index (Phi) is 37.2. The van der Waals surface area contributed by atoms with Crippen LogP contribution in [-0.4, -0.2) is 65.7 Å². The molecule has 0 bridgehead atoms. The molecule has 1 unspecified atom stereocenters. The fourth-order valence-corrected chi connectivity index (χ4v) is 6.32. The first-order valence-corrected chi connectivity index (χ1v) is 22.4. The molecular formula is C42H77O10P. The molecule has 0 rings (SSSR count). The second kappa shape index (κ2) is 38.5. The minimum absolute atomic E-state index is 0.181. The molecule has 0 aromatic rings. The highest BCUT2D eigenvalue weighted by Gasteiger charge is 2.27. The second-order valence-electron chi connectivity index (χ2n) is 14.0. The van der Waals surface area contributed by atoms with Gasteiger partial charge >= 0.3 is 19.8 Å². The van der Waals surface area contributed by atoms with Gasteiger partial charge in [-0.05, 0) is 51.4 Å². The number of carbonyl (C=O) groups excluding carboxylic acids is 2. The van der Waals surface area contributed by atoms with Crippen molar-refractivity contribution in [1.29, 1.82) is 0 Å². The van der Waals surface area contributed by atoms with Gasteiger partial charge in [0.1, 0.15) is 12.7 Å². The van der Waals surface area contributed by atoms with Crippen molar-refractivity contribution in [2.45, 2.75) is 193 Å². The van der Waals surface area contributed by atoms with Gasteiger partial charge in [0.25, 0.3) is 0 Å². The first-order chi connectivity index (χ1) is 25.7. The van der Waals surface area contributed by atoms with Gasteiger partial charge in [-0.15, -0.1) is 0 Å². The van der Waals surface area contributed by atoms with Gasteiger partial charge in [-0.25, -0.2) is 4.57 Å². The maximum atomic E-state index is 12.6. The summed E-state index contributed by atoms with van der Waals surface area (Å²) in [5.41, 5.74) is 0. The minimum atomic E-state index is -4.62. The molecule has 0 amide bonds. The zero-order valence-corrected chi connectivity index (χ0v) is 34.4. The number of rotatable bonds is 39. The van der Waals surface area contributed by atoms with Crippen LogP contribution < -0.4 is 0 Å². The summed E-state index contributed by atoms with van der Waals surface area (Å²) < 4.78 is 32.6. The number of ether oxygens (including phenoxy) is 2. The van der Waals surface area contributed by atoms with Crippen molar-refractivity contribution in [2.75, 3.05) is 26.4 Å². The lowest BCUT2D eigenvalue weighted by molar-refractivity contribution is -0.161. The zero-order valence-electron chi connectivity index (χ0n) is 33.5. The first-order valence-electron chi connectivity index (χ1n) is 20.9. The van der Waals surface area contributed by atoms with Gasteiger partial charge in [-0.3, -0.25) is 18.6 Å². The van der Waals surface area contributed by atoms with E-state index in [9.17, 15) is 24.2 Å². The summed E-state index contributed by atoms with van der Waals surface area (Å²) in [6.45, 7) is 2.32. The summed E-state index contributed by atoms with van der Waals surface area (Å²) in [6, 6.07) is 0. The molecule has 0 aliphatic rings. The molecule has 0 spiro atoms. The number of carbonyl (C=O) groups is 2. The monoisotopic (exact) mass is 773 g/mol. The van der Waals surface area contributed by atoms with Crippen LogP contribution in [0.25, 0.3) is 0 Å². The molecule has 0 aromatic carbocycles. The summed E-state index contributed by atoms with van der Waals surface area (Å²) in [7, 11) is -4.62. The Bertz CT molecular complexity index is 983. The Morgan fingerprint density at radius 3 is 1.51 bits per heavy atom. The van der Waals surface area contributed by atoms with Crippen molar-refractivity contribution in [3.63, 3.8) is 0 Å². The number of phosphoric ester groups is 1. The highest BCUT2D eigenvalue weighted by atomic mass is 31.2. The number of phosphoric acid groups is 1. The SMILES string of the molecule is CCCCC/C=C/C/C=C/C/C=C/CCCCCCC(=O)OC[C@H](COP(=O)(O)OC[C@@H](O)CO)OC(=O)CCCCCCCCCCCCCCC. The number of unbranched alkanes of at least 4 members (excludes halogenated alkanes) is 19. The molecule has 0 aromatic heterocycles. The fourth-order valence-electron chi connectivity index (χ4n) is 5.53. The van der Waals surface area contributed by atoms with Crippen molar-refractivity contribution >= 4 is 19.8 Å². The first kappa shape index (κ1) is 51.2. The third kappa shape index (κ3) is 38.3. The van der Waals surface area contributed by atoms with Crippen molar-refractivity contribution in [2.24, 2.45) is 0 Å². The normalized spacial score (nSPS) is 14.3. The van der Waals surface area contributed by atoms with Gasteiger partial charge in [0, 0.05) is 12.8 Å². The van der Waals surface area contributed by atoms with E-state index in [2.05, 4.69) is 54.8 Å². The number of esters is 2. The van der Waals surface area contributed by atoms with Crippen molar-refractivity contribution in [3.8, 4) is 0 Å². The molecule has 3 atom stereocenters. The van der Waals surface area contributed by atoms with Gasteiger partial charge in [-0.2, -0.15) is 0 Å². The highest BCUT2D eigenvalue weighted by molar-refractivity contribution is 7.47. The summed E-state index contributed by atoms with van der Waals surface area (Å²) in [6.07, 6.45) is 38.2. The molecule has 0 radical (unpaired) electrons. The number of aliphatic hydroxyl groups is 2. The molecule has 0 saturated heterocycles. The molecule has 0 saturated carbocycles. The van der Waals surface area contributed by atoms with Gasteiger partial charge in [0.2, 0.25) is 0 Å². The van der Waals surface area contributed by atoms with Crippen molar-refractivity contribution in [3.05, 3.63) is 36.5 Å². The van der Waals surface area contributed by atoms with Crippen LogP contribution in [0.5, 0.6) is 0 Å². The van der Waals surface area contributed by atoms with Crippen LogP contribution in [0.4, 0.5) is 0 Å². The summed E-state index contributed by atoms with van der Waals surface area (Å²) in [5, 5.41) is 18.3. The van der Waals surface area contributed by atoms with E-state index in [0.29, 0.717) is 12.8 Å². The van der Waals surface area contributed by atoms with E-state index in [1.807, 2.05) is 0 Å². The molecule has 310 valence electrons. The summed E-state index contributed by atoms with van der Waals surface area (Å²) in [4.78, 5) is 34.9. The second-order valence-corrected chi connectivity index (χ2v) is 15.5. The van der Waals surface area contributed by atoms with E-state index in [-0.39, 0.29) is 19.4 Å². The molecular weight excluding hydrogens is 695 g/mol. The third-order valence-corrected chi connectivity index (χ3v) is 9.75. The number of aliphatic hydroxyl groups excluding tert-OH is 2. The van der Waals surface area contributed by atoms with E-state index in [1.165, 1.54) is 83.5 Å². The van der Waals surface area contributed by atoms with Crippen LogP contribution in [0.15, 0.2) is 36.5 Å². The Balaban J connectivity index is 4.35. The lowest BCUT2D eigenvalue weighted by Gasteiger charge is -2.20. The highest BCUT2D eigenvalue weighted by Crippen LogP contribution is 2.43. The van der Waals surface area contributed by atoms with E-state index in [4.69, 9.17) is 19.1 Å². The van der Waals surface area contributed by atoms with Crippen LogP contribution in [0.2, 0.25) is 0 Å². The van der Waals surface area contributed by atoms with Crippen LogP contribution in [-0.2, 0) is 32.7 Å². The van der Waals surface area contributed by atoms with E-state index < -0.39 is 51.8 Å². The number of allylic oxidation sites excluding steroid dienone is 6. The average molecular weight is 773 g/mol. The molecule has 0 heterocycles. The Labute approximate surface area is 322 Å². The van der Waals surface area contributed by atoms with Crippen LogP contribution in [0.1, 0.15) is 181 Å². The van der Waals surface area contributed by atoms with E-state index in [0.717, 1.165) is 57.8 Å². The van der Waals surface area contributed by atoms with Crippen LogP contribution in [0.3, 0.4) is 0 Å². The topological polar surface area (TPSA) is 149 Å². The van der Waals surface area contributed by atoms with E-state index >= 15 is 0 Å². The summed E-state index contributed by atoms with van der Waals surface area (Å²) >= 11 is 0. The Morgan fingerprint density at radius 1 is 0.566 bits per heavy atom. The molecule has 0 aliphatic heterocycles. The number of hydrogen-bond acceptors (Lipinski definition) is 9. The fraction of sp³-hybridized carbons (Fsp3) is 0.810. The molecule has 11 heteroatoms. The van der Waals surface area contributed by atoms with Crippen LogP contribution in [0, 0.1) is 0 Å². The Hall–Kier alpha value is -1.81. The minimum Gasteiger partial charge on any atom is -0.462 e. The molecule has 3 N–H and O–H groups in total. The predicted octanol–water partition coefficient (Wildman–Crippen LogP) is 10.8. The van der Waals surface area contributed by atoms with E-state index in [1.54, 1.807) is 0 Å². The third-order valence-electron chi connectivity index (χ3n) is 8.80. The average Bonchev–Trinajstić information content (AvgIpc) is 3.14. The Morgan fingerprint density at radius 2 is 0.981 bits per heavy atom. The van der Waals surface area contributed by atoms with Crippen molar-refractivity contribution in [1.82, 2.24) is 0 Å². The molecule has 53 heavy (non-hydrogen) atoms. The molecule has 0 fully saturated rings. The molecule has 0 aliphatic carbocycles. The quantitative estimate of drug-likeness (QED) is 0.0238. The van der Waals surface area contributed by atoms with Crippen LogP contribution >= 0.6 is 7.82 Å². The van der Waals surface area contributed by atoms with Crippen molar-refractivity contribution < 1.29 is 47.8 Å². The standard InChI is InChI=1S/C42H77O10P/c1-3-5-7-9-11-13-15-17-18-19-20-22-23-25-27-29-31-33-41(45)49-37-40(38-51-53(47,48)50-36-39(44)35-43)52-42(46)34-32-30-28-26-24-21-16-14-12-10-8-6-4-2/h11,13,17-18,20,22,39-40,43-44H,3-10,12,14-16,19,21,23-38H2,1-2H3,(H,47,48)/b13-11+,18-17+,22-20+/t39-,40+/m0/s1. The van der Waals surface area contributed by atoms with Gasteiger partial charge in [-0.1, -0.05) is 153 Å². The zero-order chi connectivity index (χ0) is 39.1. The van der Waals surface area contributed by atoms with Gasteiger partial charge in [0.05, 0.1) is 19.8 Å². The lowest BCUT2D eigenvalue weighted by Crippen LogP contribution is -2.29. The smallest absolute Gasteiger partial charge is 0.462 e. The van der Waals surface area contributed by atoms with Gasteiger partial charge in [0.15, 0.2) is 6.10 Å². The maximum absolute atomic E-state index is 12.6. The number of hydrogen-bond donors (Lipinski definition) is 3. The maximum Gasteiger partial charge on any atom is 0.472 e. The molecule has 10 nitrogen and oxygen atoms in total. The predicted molar refractivity (Wildman–Crippen MR) is 214 cm³/mol. The largest absolute Gasteiger partial charge is 0.472 e.